The minimum Gasteiger partial charge on any atom is -0.480 e. The zero-order valence-corrected chi connectivity index (χ0v) is 9.73. The maximum Gasteiger partial charge on any atom is 0.326 e. The highest BCUT2D eigenvalue weighted by Crippen LogP contribution is 2.20. The van der Waals surface area contributed by atoms with Gasteiger partial charge in [0.1, 0.15) is 11.6 Å². The second-order valence-electron chi connectivity index (χ2n) is 3.86. The number of fused-ring (bicyclic) bond motifs is 1. The summed E-state index contributed by atoms with van der Waals surface area (Å²) in [5.74, 6) is -0.258. The maximum absolute atomic E-state index is 10.9. The Bertz CT molecular complexity index is 548. The zero-order chi connectivity index (χ0) is 12.4. The number of aryl methyl sites for hydroxylation is 1. The first-order valence-corrected chi connectivity index (χ1v) is 5.46. The van der Waals surface area contributed by atoms with Crippen LogP contribution in [0.2, 0.25) is 0 Å². The summed E-state index contributed by atoms with van der Waals surface area (Å²) in [6.07, 6.45) is 0.519. The molecule has 1 aromatic carbocycles. The van der Waals surface area contributed by atoms with Crippen LogP contribution in [0.4, 0.5) is 5.69 Å². The number of nitrogens with zero attached hydrogens (tertiary/aromatic N) is 1. The van der Waals surface area contributed by atoms with Crippen LogP contribution in [-0.4, -0.2) is 22.1 Å². The summed E-state index contributed by atoms with van der Waals surface area (Å²) in [5, 5.41) is 11.9. The van der Waals surface area contributed by atoms with Crippen LogP contribution in [0.5, 0.6) is 0 Å². The van der Waals surface area contributed by atoms with Crippen molar-refractivity contribution in [3.8, 4) is 0 Å². The van der Waals surface area contributed by atoms with Crippen LogP contribution in [-0.2, 0) is 4.79 Å². The Balaban J connectivity index is 2.26. The van der Waals surface area contributed by atoms with Crippen LogP contribution in [0.25, 0.3) is 11.1 Å². The van der Waals surface area contributed by atoms with E-state index in [9.17, 15) is 4.79 Å². The molecule has 1 aromatic heterocycles. The number of hydrogen-bond acceptors (Lipinski definition) is 4. The molecule has 5 heteroatoms. The van der Waals surface area contributed by atoms with Gasteiger partial charge in [-0.15, -0.1) is 0 Å². The molecule has 0 spiro atoms. The van der Waals surface area contributed by atoms with Gasteiger partial charge in [0.15, 0.2) is 11.5 Å². The van der Waals surface area contributed by atoms with Crippen molar-refractivity contribution in [2.75, 3.05) is 5.32 Å². The molecule has 1 heterocycles. The number of carboxylic acid groups (broad SMARTS) is 1. The summed E-state index contributed by atoms with van der Waals surface area (Å²) in [5.41, 5.74) is 2.17. The highest BCUT2D eigenvalue weighted by Gasteiger charge is 2.14. The molecule has 0 fully saturated rings. The molecule has 17 heavy (non-hydrogen) atoms. The van der Waals surface area contributed by atoms with Gasteiger partial charge in [0, 0.05) is 12.6 Å². The molecule has 0 bridgehead atoms. The van der Waals surface area contributed by atoms with Gasteiger partial charge >= 0.3 is 5.97 Å². The van der Waals surface area contributed by atoms with Crippen LogP contribution < -0.4 is 5.32 Å². The predicted molar refractivity (Wildman–Crippen MR) is 64.1 cm³/mol. The van der Waals surface area contributed by atoms with Crippen molar-refractivity contribution in [2.24, 2.45) is 0 Å². The molecular formula is C12H14N2O3. The largest absolute Gasteiger partial charge is 0.480 e. The number of nitrogens with one attached hydrogen (secondary N) is 1. The van der Waals surface area contributed by atoms with E-state index >= 15 is 0 Å². The zero-order valence-electron chi connectivity index (χ0n) is 9.73. The molecule has 2 aromatic rings. The lowest BCUT2D eigenvalue weighted by molar-refractivity contribution is -0.137. The van der Waals surface area contributed by atoms with Gasteiger partial charge in [-0.3, -0.25) is 0 Å². The number of anilines is 1. The first-order valence-electron chi connectivity index (χ1n) is 5.46. The van der Waals surface area contributed by atoms with Crippen LogP contribution in [0.3, 0.4) is 0 Å². The first-order chi connectivity index (χ1) is 8.10. The van der Waals surface area contributed by atoms with Crippen molar-refractivity contribution in [3.63, 3.8) is 0 Å². The van der Waals surface area contributed by atoms with E-state index in [0.29, 0.717) is 17.9 Å². The second kappa shape index (κ2) is 4.45. The molecule has 0 saturated heterocycles. The summed E-state index contributed by atoms with van der Waals surface area (Å²) in [4.78, 5) is 15.1. The fourth-order valence-corrected chi connectivity index (χ4v) is 1.67. The summed E-state index contributed by atoms with van der Waals surface area (Å²) < 4.78 is 5.35. The number of carboxylic acids is 1. The van der Waals surface area contributed by atoms with Crippen LogP contribution >= 0.6 is 0 Å². The van der Waals surface area contributed by atoms with E-state index in [1.165, 1.54) is 0 Å². The summed E-state index contributed by atoms with van der Waals surface area (Å²) in [6.45, 7) is 3.60. The van der Waals surface area contributed by atoms with Gasteiger partial charge in [-0.1, -0.05) is 6.92 Å². The highest BCUT2D eigenvalue weighted by molar-refractivity contribution is 5.81. The third-order valence-corrected chi connectivity index (χ3v) is 2.54. The summed E-state index contributed by atoms with van der Waals surface area (Å²) >= 11 is 0. The van der Waals surface area contributed by atoms with Crippen molar-refractivity contribution in [2.45, 2.75) is 26.3 Å². The monoisotopic (exact) mass is 234 g/mol. The van der Waals surface area contributed by atoms with Crippen LogP contribution in [0.1, 0.15) is 19.2 Å². The summed E-state index contributed by atoms with van der Waals surface area (Å²) in [6, 6.07) is 4.78. The number of hydrogen-bond donors (Lipinski definition) is 2. The average Bonchev–Trinajstić information content (AvgIpc) is 2.64. The van der Waals surface area contributed by atoms with Gasteiger partial charge in [0.05, 0.1) is 0 Å². The molecule has 1 unspecified atom stereocenters. The molecule has 0 aliphatic carbocycles. The van der Waals surface area contributed by atoms with Crippen molar-refractivity contribution in [1.29, 1.82) is 0 Å². The maximum atomic E-state index is 10.9. The average molecular weight is 234 g/mol. The predicted octanol–water partition coefficient (Wildman–Crippen LogP) is 2.41. The van der Waals surface area contributed by atoms with Crippen molar-refractivity contribution in [3.05, 3.63) is 24.1 Å². The van der Waals surface area contributed by atoms with E-state index in [1.807, 2.05) is 6.92 Å². The lowest BCUT2D eigenvalue weighted by atomic mass is 10.2. The Morgan fingerprint density at radius 3 is 3.00 bits per heavy atom. The van der Waals surface area contributed by atoms with Gasteiger partial charge < -0.3 is 14.8 Å². The standard InChI is InChI=1S/C12H14N2O3/c1-3-9(12(15)16)14-8-4-5-11-10(6-8)13-7(2)17-11/h4-6,9,14H,3H2,1-2H3,(H,15,16). The van der Waals surface area contributed by atoms with Crippen molar-refractivity contribution >= 4 is 22.8 Å². The SMILES string of the molecule is CCC(Nc1ccc2oc(C)nc2c1)C(=O)O. The quantitative estimate of drug-likeness (QED) is 0.849. The van der Waals surface area contributed by atoms with Gasteiger partial charge in [0.2, 0.25) is 0 Å². The van der Waals surface area contributed by atoms with Gasteiger partial charge in [-0.05, 0) is 24.6 Å². The fraction of sp³-hybridized carbons (Fsp3) is 0.333. The second-order valence-corrected chi connectivity index (χ2v) is 3.86. The molecule has 1 atom stereocenters. The number of rotatable bonds is 4. The van der Waals surface area contributed by atoms with E-state index in [0.717, 1.165) is 11.2 Å². The van der Waals surface area contributed by atoms with Crippen LogP contribution in [0, 0.1) is 6.92 Å². The lowest BCUT2D eigenvalue weighted by Crippen LogP contribution is -2.28. The molecular weight excluding hydrogens is 220 g/mol. The Morgan fingerprint density at radius 2 is 2.35 bits per heavy atom. The molecule has 2 N–H and O–H groups in total. The Hall–Kier alpha value is -2.04. The molecule has 0 aliphatic heterocycles. The van der Waals surface area contributed by atoms with Gasteiger partial charge in [-0.2, -0.15) is 0 Å². The number of aromatic nitrogens is 1. The molecule has 0 amide bonds. The van der Waals surface area contributed by atoms with E-state index in [2.05, 4.69) is 10.3 Å². The Labute approximate surface area is 98.5 Å². The van der Waals surface area contributed by atoms with E-state index in [1.54, 1.807) is 25.1 Å². The fourth-order valence-electron chi connectivity index (χ4n) is 1.67. The number of oxazole rings is 1. The lowest BCUT2D eigenvalue weighted by Gasteiger charge is -2.13. The summed E-state index contributed by atoms with van der Waals surface area (Å²) in [7, 11) is 0. The first kappa shape index (κ1) is 11.4. The molecule has 0 radical (unpaired) electrons. The third kappa shape index (κ3) is 2.38. The van der Waals surface area contributed by atoms with E-state index in [4.69, 9.17) is 9.52 Å². The third-order valence-electron chi connectivity index (χ3n) is 2.54. The molecule has 5 nitrogen and oxygen atoms in total. The molecule has 2 rings (SSSR count). The number of carbonyl (C=O) groups is 1. The minimum absolute atomic E-state index is 0.519. The highest BCUT2D eigenvalue weighted by atomic mass is 16.4. The van der Waals surface area contributed by atoms with E-state index in [-0.39, 0.29) is 0 Å². The van der Waals surface area contributed by atoms with Gasteiger partial charge in [-0.25, -0.2) is 9.78 Å². The number of aliphatic carboxylic acids is 1. The molecule has 90 valence electrons. The van der Waals surface area contributed by atoms with E-state index < -0.39 is 12.0 Å². The minimum atomic E-state index is -0.857. The smallest absolute Gasteiger partial charge is 0.326 e. The van der Waals surface area contributed by atoms with Crippen molar-refractivity contribution in [1.82, 2.24) is 4.98 Å². The molecule has 0 aliphatic rings. The topological polar surface area (TPSA) is 75.4 Å². The normalized spacial score (nSPS) is 12.6. The van der Waals surface area contributed by atoms with Gasteiger partial charge in [0.25, 0.3) is 0 Å². The molecule has 0 saturated carbocycles. The van der Waals surface area contributed by atoms with Crippen molar-refractivity contribution < 1.29 is 14.3 Å². The Morgan fingerprint density at radius 1 is 1.59 bits per heavy atom. The number of benzene rings is 1. The Kier molecular flexibility index (Phi) is 2.99. The van der Waals surface area contributed by atoms with Crippen LogP contribution in [0.15, 0.2) is 22.6 Å².